The zero-order valence-electron chi connectivity index (χ0n) is 22.5. The number of carbonyl (C=O) groups is 1. The lowest BCUT2D eigenvalue weighted by Gasteiger charge is -2.58. The van der Waals surface area contributed by atoms with Crippen molar-refractivity contribution in [1.29, 1.82) is 0 Å². The summed E-state index contributed by atoms with van der Waals surface area (Å²) in [5, 5.41) is 37.2. The SMILES string of the molecule is C#C[C@@]1(O)CCC2C3CCC4=C/C(=N\OCC(=O)NCCc5ccc(O)c(O)c5)CC[C@]4(C)C3CC[C@@]21C. The van der Waals surface area contributed by atoms with Crippen molar-refractivity contribution in [2.75, 3.05) is 13.2 Å². The lowest BCUT2D eigenvalue weighted by molar-refractivity contribution is -0.125. The molecule has 7 nitrogen and oxygen atoms in total. The van der Waals surface area contributed by atoms with Crippen LogP contribution in [0.5, 0.6) is 11.5 Å². The lowest BCUT2D eigenvalue weighted by Crippen LogP contribution is -2.54. The maximum absolute atomic E-state index is 12.2. The van der Waals surface area contributed by atoms with E-state index in [4.69, 9.17) is 11.3 Å². The summed E-state index contributed by atoms with van der Waals surface area (Å²) in [7, 11) is 0. The first-order chi connectivity index (χ1) is 18.1. The molecule has 4 aliphatic carbocycles. The summed E-state index contributed by atoms with van der Waals surface area (Å²) in [6.07, 6.45) is 16.4. The normalized spacial score (nSPS) is 36.8. The Morgan fingerprint density at radius 1 is 1.13 bits per heavy atom. The van der Waals surface area contributed by atoms with Crippen molar-refractivity contribution in [3.05, 3.63) is 35.4 Å². The van der Waals surface area contributed by atoms with Gasteiger partial charge in [0.25, 0.3) is 5.91 Å². The Kier molecular flexibility index (Phi) is 6.98. The molecule has 204 valence electrons. The summed E-state index contributed by atoms with van der Waals surface area (Å²) >= 11 is 0. The average molecular weight is 521 g/mol. The number of nitrogens with zero attached hydrogens (tertiary/aromatic N) is 1. The number of hydrogen-bond acceptors (Lipinski definition) is 6. The van der Waals surface area contributed by atoms with Crippen molar-refractivity contribution in [1.82, 2.24) is 5.32 Å². The van der Waals surface area contributed by atoms with Crippen LogP contribution in [-0.4, -0.2) is 45.7 Å². The standard InChI is InChI=1S/C31H40N2O5/c1-4-31(37)15-11-25-23-7-6-21-18-22(9-13-29(21,2)24(23)10-14-30(25,31)3)33-38-19-28(36)32-16-12-20-5-8-26(34)27(35)17-20/h1,5,8,17-18,23-25,34-35,37H,6-7,9-16,19H2,2-3H3,(H,32,36)/b33-22-/t23?,24?,25?,29-,30-,31+/m0/s1. The summed E-state index contributed by atoms with van der Waals surface area (Å²) in [4.78, 5) is 17.6. The van der Waals surface area contributed by atoms with Crippen molar-refractivity contribution in [3.8, 4) is 23.8 Å². The van der Waals surface area contributed by atoms with Crippen molar-refractivity contribution in [2.24, 2.45) is 33.7 Å². The van der Waals surface area contributed by atoms with Gasteiger partial charge in [0.2, 0.25) is 0 Å². The van der Waals surface area contributed by atoms with Crippen LogP contribution in [0.25, 0.3) is 0 Å². The Labute approximate surface area is 225 Å². The second kappa shape index (κ2) is 9.96. The van der Waals surface area contributed by atoms with Gasteiger partial charge in [0, 0.05) is 12.0 Å². The van der Waals surface area contributed by atoms with Crippen LogP contribution < -0.4 is 5.32 Å². The number of aliphatic hydroxyl groups is 1. The largest absolute Gasteiger partial charge is 0.504 e. The first-order valence-corrected chi connectivity index (χ1v) is 14.0. The third-order valence-electron chi connectivity index (χ3n) is 10.5. The fourth-order valence-electron chi connectivity index (χ4n) is 8.19. The monoisotopic (exact) mass is 520 g/mol. The van der Waals surface area contributed by atoms with Gasteiger partial charge in [-0.2, -0.15) is 0 Å². The molecule has 1 amide bonds. The van der Waals surface area contributed by atoms with Gasteiger partial charge in [-0.05, 0) is 105 Å². The molecular weight excluding hydrogens is 480 g/mol. The number of fused-ring (bicyclic) bond motifs is 5. The van der Waals surface area contributed by atoms with Gasteiger partial charge in [0.15, 0.2) is 18.1 Å². The van der Waals surface area contributed by atoms with E-state index >= 15 is 0 Å². The topological polar surface area (TPSA) is 111 Å². The van der Waals surface area contributed by atoms with Crippen LogP contribution in [0.4, 0.5) is 0 Å². The highest BCUT2D eigenvalue weighted by Crippen LogP contribution is 2.67. The number of phenols is 2. The summed E-state index contributed by atoms with van der Waals surface area (Å²) in [6, 6.07) is 4.62. The number of allylic oxidation sites excluding steroid dienone is 2. The highest BCUT2D eigenvalue weighted by atomic mass is 16.6. The van der Waals surface area contributed by atoms with Gasteiger partial charge >= 0.3 is 0 Å². The van der Waals surface area contributed by atoms with E-state index in [0.717, 1.165) is 62.6 Å². The van der Waals surface area contributed by atoms with Crippen molar-refractivity contribution in [3.63, 3.8) is 0 Å². The molecule has 5 rings (SSSR count). The molecule has 0 spiro atoms. The van der Waals surface area contributed by atoms with Crippen molar-refractivity contribution < 1.29 is 25.0 Å². The fourth-order valence-corrected chi connectivity index (χ4v) is 8.19. The third kappa shape index (κ3) is 4.47. The number of benzene rings is 1. The van der Waals surface area contributed by atoms with Crippen LogP contribution in [0.3, 0.4) is 0 Å². The Bertz CT molecular complexity index is 1200. The predicted octanol–water partition coefficient (Wildman–Crippen LogP) is 4.46. The van der Waals surface area contributed by atoms with E-state index in [9.17, 15) is 20.1 Å². The van der Waals surface area contributed by atoms with E-state index in [1.165, 1.54) is 17.7 Å². The second-order valence-corrected chi connectivity index (χ2v) is 12.3. The minimum atomic E-state index is -0.968. The summed E-state index contributed by atoms with van der Waals surface area (Å²) in [6.45, 7) is 4.89. The van der Waals surface area contributed by atoms with Crippen LogP contribution in [0.1, 0.15) is 70.8 Å². The van der Waals surface area contributed by atoms with Gasteiger partial charge in [0.05, 0.1) is 5.71 Å². The summed E-state index contributed by atoms with van der Waals surface area (Å²) in [5.41, 5.74) is 2.15. The van der Waals surface area contributed by atoms with E-state index in [-0.39, 0.29) is 34.8 Å². The second-order valence-electron chi connectivity index (χ2n) is 12.3. The van der Waals surface area contributed by atoms with Crippen LogP contribution in [0.2, 0.25) is 0 Å². The minimum Gasteiger partial charge on any atom is -0.504 e. The first kappa shape index (κ1) is 26.6. The average Bonchev–Trinajstić information content (AvgIpc) is 3.17. The quantitative estimate of drug-likeness (QED) is 0.252. The Morgan fingerprint density at radius 3 is 2.68 bits per heavy atom. The third-order valence-corrected chi connectivity index (χ3v) is 10.5. The highest BCUT2D eigenvalue weighted by Gasteiger charge is 2.63. The molecule has 0 bridgehead atoms. The van der Waals surface area contributed by atoms with Gasteiger partial charge in [0.1, 0.15) is 5.60 Å². The number of rotatable bonds is 6. The fraction of sp³-hybridized carbons (Fsp3) is 0.613. The number of oxime groups is 1. The lowest BCUT2D eigenvalue weighted by atomic mass is 9.46. The predicted molar refractivity (Wildman–Crippen MR) is 145 cm³/mol. The smallest absolute Gasteiger partial charge is 0.260 e. The number of phenolic OH excluding ortho intramolecular Hbond substituents is 2. The van der Waals surface area contributed by atoms with Crippen LogP contribution in [-0.2, 0) is 16.1 Å². The molecule has 6 atom stereocenters. The molecule has 1 aromatic rings. The molecule has 0 radical (unpaired) electrons. The number of hydrogen-bond donors (Lipinski definition) is 4. The van der Waals surface area contributed by atoms with Crippen molar-refractivity contribution >= 4 is 11.6 Å². The number of terminal acetylenes is 1. The molecule has 7 heteroatoms. The molecule has 38 heavy (non-hydrogen) atoms. The maximum Gasteiger partial charge on any atom is 0.260 e. The molecule has 4 aliphatic rings. The molecule has 3 unspecified atom stereocenters. The van der Waals surface area contributed by atoms with Gasteiger partial charge in [-0.3, -0.25) is 4.79 Å². The maximum atomic E-state index is 12.2. The molecular formula is C31H40N2O5. The Hall–Kier alpha value is -2.98. The molecule has 0 saturated heterocycles. The zero-order chi connectivity index (χ0) is 27.1. The van der Waals surface area contributed by atoms with E-state index in [0.29, 0.717) is 30.7 Å². The number of carbonyl (C=O) groups excluding carboxylic acids is 1. The first-order valence-electron chi connectivity index (χ1n) is 14.0. The van der Waals surface area contributed by atoms with Gasteiger partial charge in [-0.1, -0.05) is 36.6 Å². The van der Waals surface area contributed by atoms with E-state index in [1.54, 1.807) is 6.07 Å². The number of aromatic hydroxyl groups is 2. The Balaban J connectivity index is 1.15. The molecule has 0 aromatic heterocycles. The zero-order valence-corrected chi connectivity index (χ0v) is 22.5. The Morgan fingerprint density at radius 2 is 1.92 bits per heavy atom. The summed E-state index contributed by atoms with van der Waals surface area (Å²) in [5.74, 6) is 3.87. The van der Waals surface area contributed by atoms with Crippen LogP contribution >= 0.6 is 0 Å². The molecule has 3 saturated carbocycles. The van der Waals surface area contributed by atoms with E-state index in [2.05, 4.69) is 36.3 Å². The molecule has 0 heterocycles. The van der Waals surface area contributed by atoms with Crippen molar-refractivity contribution in [2.45, 2.75) is 77.2 Å². The molecule has 3 fully saturated rings. The van der Waals surface area contributed by atoms with Crippen LogP contribution in [0, 0.1) is 40.9 Å². The summed E-state index contributed by atoms with van der Waals surface area (Å²) < 4.78 is 0. The van der Waals surface area contributed by atoms with Gasteiger partial charge < -0.3 is 25.5 Å². The molecule has 4 N–H and O–H groups in total. The molecule has 0 aliphatic heterocycles. The minimum absolute atomic E-state index is 0.139. The van der Waals surface area contributed by atoms with Crippen LogP contribution in [0.15, 0.2) is 35.0 Å². The number of nitrogens with one attached hydrogen (secondary N) is 1. The van der Waals surface area contributed by atoms with E-state index < -0.39 is 5.60 Å². The molecule has 1 aromatic carbocycles. The van der Waals surface area contributed by atoms with Gasteiger partial charge in [-0.15, -0.1) is 6.42 Å². The highest BCUT2D eigenvalue weighted by molar-refractivity contribution is 5.96. The van der Waals surface area contributed by atoms with Gasteiger partial charge in [-0.25, -0.2) is 0 Å². The van der Waals surface area contributed by atoms with E-state index in [1.807, 2.05) is 0 Å². The number of amides is 1.